The summed E-state index contributed by atoms with van der Waals surface area (Å²) in [5.41, 5.74) is 2.42. The molecule has 2 aliphatic rings. The van der Waals surface area contributed by atoms with Crippen molar-refractivity contribution in [3.8, 4) is 0 Å². The zero-order valence-electron chi connectivity index (χ0n) is 8.58. The zero-order chi connectivity index (χ0) is 9.97. The molecule has 2 N–H and O–H groups in total. The molecule has 1 saturated heterocycles. The van der Waals surface area contributed by atoms with Gasteiger partial charge in [0, 0.05) is 5.92 Å². The van der Waals surface area contributed by atoms with E-state index in [2.05, 4.69) is 15.6 Å². The monoisotopic (exact) mass is 198 g/mol. The van der Waals surface area contributed by atoms with E-state index in [-0.39, 0.29) is 11.8 Å². The molecule has 0 bridgehead atoms. The Morgan fingerprint density at radius 2 is 2.14 bits per heavy atom. The summed E-state index contributed by atoms with van der Waals surface area (Å²) in [6.45, 7) is 2.22. The number of nitrogens with one attached hydrogen (secondary N) is 2. The third-order valence-electron chi connectivity index (χ3n) is 3.37. The molecule has 0 aromatic rings. The first-order valence-corrected chi connectivity index (χ1v) is 5.36. The molecule has 4 nitrogen and oxygen atoms in total. The normalized spacial score (nSPS) is 32.6. The van der Waals surface area contributed by atoms with E-state index in [9.17, 15) is 4.79 Å². The molecule has 0 spiro atoms. The summed E-state index contributed by atoms with van der Waals surface area (Å²) in [7, 11) is 1.49. The molecule has 0 radical (unpaired) electrons. The Hall–Kier alpha value is -0.610. The van der Waals surface area contributed by atoms with Crippen molar-refractivity contribution in [2.45, 2.75) is 19.3 Å². The van der Waals surface area contributed by atoms with Gasteiger partial charge in [0.1, 0.15) is 0 Å². The van der Waals surface area contributed by atoms with Gasteiger partial charge in [-0.3, -0.25) is 9.63 Å². The Morgan fingerprint density at radius 1 is 1.43 bits per heavy atom. The largest absolute Gasteiger partial charge is 0.317 e. The van der Waals surface area contributed by atoms with Crippen LogP contribution in [0.1, 0.15) is 19.3 Å². The van der Waals surface area contributed by atoms with E-state index >= 15 is 0 Å². The van der Waals surface area contributed by atoms with Crippen molar-refractivity contribution in [3.05, 3.63) is 0 Å². The van der Waals surface area contributed by atoms with Crippen LogP contribution in [-0.2, 0) is 9.63 Å². The van der Waals surface area contributed by atoms with Crippen molar-refractivity contribution in [1.82, 2.24) is 10.8 Å². The Morgan fingerprint density at radius 3 is 2.79 bits per heavy atom. The van der Waals surface area contributed by atoms with E-state index in [4.69, 9.17) is 0 Å². The van der Waals surface area contributed by atoms with Gasteiger partial charge in [-0.2, -0.15) is 0 Å². The number of piperidine rings is 1. The molecule has 1 amide bonds. The first-order chi connectivity index (χ1) is 6.83. The molecule has 2 unspecified atom stereocenters. The van der Waals surface area contributed by atoms with Crippen LogP contribution in [-0.4, -0.2) is 26.1 Å². The second kappa shape index (κ2) is 4.28. The maximum atomic E-state index is 11.4. The van der Waals surface area contributed by atoms with E-state index < -0.39 is 0 Å². The lowest BCUT2D eigenvalue weighted by atomic mass is 9.92. The number of hydroxylamine groups is 1. The molecular weight excluding hydrogens is 180 g/mol. The summed E-state index contributed by atoms with van der Waals surface area (Å²) >= 11 is 0. The predicted molar refractivity (Wildman–Crippen MR) is 52.3 cm³/mol. The van der Waals surface area contributed by atoms with E-state index in [1.807, 2.05) is 0 Å². The lowest BCUT2D eigenvalue weighted by Crippen LogP contribution is -2.30. The number of rotatable bonds is 3. The Kier molecular flexibility index (Phi) is 3.03. The van der Waals surface area contributed by atoms with Crippen molar-refractivity contribution in [1.29, 1.82) is 0 Å². The van der Waals surface area contributed by atoms with Crippen LogP contribution >= 0.6 is 0 Å². The van der Waals surface area contributed by atoms with Gasteiger partial charge in [-0.1, -0.05) is 0 Å². The molecule has 2 atom stereocenters. The van der Waals surface area contributed by atoms with Crippen LogP contribution in [0.25, 0.3) is 0 Å². The Labute approximate surface area is 84.3 Å². The SMILES string of the molecule is CONC(=O)C1CC1C1CCNCC1. The van der Waals surface area contributed by atoms with Gasteiger partial charge < -0.3 is 5.32 Å². The van der Waals surface area contributed by atoms with Crippen LogP contribution in [0.2, 0.25) is 0 Å². The number of hydrogen-bond donors (Lipinski definition) is 2. The van der Waals surface area contributed by atoms with Crippen LogP contribution in [0.3, 0.4) is 0 Å². The van der Waals surface area contributed by atoms with Gasteiger partial charge in [0.2, 0.25) is 5.91 Å². The maximum Gasteiger partial charge on any atom is 0.246 e. The first-order valence-electron chi connectivity index (χ1n) is 5.36. The van der Waals surface area contributed by atoms with Crippen LogP contribution in [0.15, 0.2) is 0 Å². The smallest absolute Gasteiger partial charge is 0.246 e. The molecule has 2 rings (SSSR count). The lowest BCUT2D eigenvalue weighted by Gasteiger charge is -2.22. The fourth-order valence-corrected chi connectivity index (χ4v) is 2.49. The molecular formula is C10H18N2O2. The van der Waals surface area contributed by atoms with Crippen LogP contribution in [0, 0.1) is 17.8 Å². The molecule has 80 valence electrons. The van der Waals surface area contributed by atoms with Crippen molar-refractivity contribution < 1.29 is 9.63 Å². The summed E-state index contributed by atoms with van der Waals surface area (Å²) in [4.78, 5) is 16.0. The van der Waals surface area contributed by atoms with Gasteiger partial charge in [0.25, 0.3) is 0 Å². The van der Waals surface area contributed by atoms with Gasteiger partial charge in [-0.05, 0) is 44.2 Å². The fraction of sp³-hybridized carbons (Fsp3) is 0.900. The average Bonchev–Trinajstić information content (AvgIpc) is 2.99. The number of carbonyl (C=O) groups excluding carboxylic acids is 1. The summed E-state index contributed by atoms with van der Waals surface area (Å²) in [5, 5.41) is 3.34. The van der Waals surface area contributed by atoms with Crippen LogP contribution in [0.5, 0.6) is 0 Å². The minimum atomic E-state index is 0.0658. The van der Waals surface area contributed by atoms with Gasteiger partial charge >= 0.3 is 0 Å². The fourth-order valence-electron chi connectivity index (χ4n) is 2.49. The highest BCUT2D eigenvalue weighted by atomic mass is 16.6. The van der Waals surface area contributed by atoms with Crippen LogP contribution in [0.4, 0.5) is 0 Å². The minimum Gasteiger partial charge on any atom is -0.317 e. The first kappa shape index (κ1) is 9.93. The molecule has 1 saturated carbocycles. The van der Waals surface area contributed by atoms with E-state index in [0.29, 0.717) is 5.92 Å². The van der Waals surface area contributed by atoms with E-state index in [1.165, 1.54) is 20.0 Å². The maximum absolute atomic E-state index is 11.4. The Balaban J connectivity index is 1.77. The zero-order valence-corrected chi connectivity index (χ0v) is 8.58. The molecule has 14 heavy (non-hydrogen) atoms. The minimum absolute atomic E-state index is 0.0658. The van der Waals surface area contributed by atoms with Crippen molar-refractivity contribution in [3.63, 3.8) is 0 Å². The van der Waals surface area contributed by atoms with Gasteiger partial charge in [-0.25, -0.2) is 5.48 Å². The highest BCUT2D eigenvalue weighted by Crippen LogP contribution is 2.47. The van der Waals surface area contributed by atoms with E-state index in [0.717, 1.165) is 25.4 Å². The van der Waals surface area contributed by atoms with Crippen molar-refractivity contribution in [2.24, 2.45) is 17.8 Å². The molecule has 1 aliphatic heterocycles. The quantitative estimate of drug-likeness (QED) is 0.641. The second-order valence-corrected chi connectivity index (χ2v) is 4.26. The summed E-state index contributed by atoms with van der Waals surface area (Å²) in [5.74, 6) is 1.66. The number of hydrogen-bond acceptors (Lipinski definition) is 3. The van der Waals surface area contributed by atoms with E-state index in [1.54, 1.807) is 0 Å². The molecule has 0 aromatic carbocycles. The average molecular weight is 198 g/mol. The highest BCUT2D eigenvalue weighted by molar-refractivity contribution is 5.80. The summed E-state index contributed by atoms with van der Waals surface area (Å²) in [6, 6.07) is 0. The van der Waals surface area contributed by atoms with Crippen LogP contribution < -0.4 is 10.8 Å². The molecule has 4 heteroatoms. The summed E-state index contributed by atoms with van der Waals surface area (Å²) < 4.78 is 0. The highest BCUT2D eigenvalue weighted by Gasteiger charge is 2.47. The summed E-state index contributed by atoms with van der Waals surface area (Å²) in [6.07, 6.45) is 3.50. The van der Waals surface area contributed by atoms with Crippen molar-refractivity contribution >= 4 is 5.91 Å². The molecule has 1 heterocycles. The third kappa shape index (κ3) is 2.07. The number of carbonyl (C=O) groups is 1. The van der Waals surface area contributed by atoms with Crippen molar-refractivity contribution in [2.75, 3.05) is 20.2 Å². The topological polar surface area (TPSA) is 50.4 Å². The Bertz CT molecular complexity index is 214. The van der Waals surface area contributed by atoms with Gasteiger partial charge in [0.15, 0.2) is 0 Å². The second-order valence-electron chi connectivity index (χ2n) is 4.26. The molecule has 1 aliphatic carbocycles. The molecule has 2 fully saturated rings. The predicted octanol–water partition coefficient (Wildman–Crippen LogP) is 0.300. The van der Waals surface area contributed by atoms with Gasteiger partial charge in [-0.15, -0.1) is 0 Å². The standard InChI is InChI=1S/C10H18N2O2/c1-14-12-10(13)9-6-8(9)7-2-4-11-5-3-7/h7-9,11H,2-6H2,1H3,(H,12,13). The lowest BCUT2D eigenvalue weighted by molar-refractivity contribution is -0.133. The molecule has 0 aromatic heterocycles. The van der Waals surface area contributed by atoms with Gasteiger partial charge in [0.05, 0.1) is 7.11 Å². The third-order valence-corrected chi connectivity index (χ3v) is 3.37. The number of amides is 1.